The summed E-state index contributed by atoms with van der Waals surface area (Å²) in [5.74, 6) is 2.72. The molecule has 0 radical (unpaired) electrons. The van der Waals surface area contributed by atoms with Crippen LogP contribution in [0.15, 0.2) is 18.2 Å². The fourth-order valence-electron chi connectivity index (χ4n) is 3.40. The molecule has 1 amide bonds. The third-order valence-electron chi connectivity index (χ3n) is 5.18. The van der Waals surface area contributed by atoms with Gasteiger partial charge in [-0.25, -0.2) is 0 Å². The van der Waals surface area contributed by atoms with Crippen molar-refractivity contribution < 1.29 is 14.3 Å². The Bertz CT molecular complexity index is 575. The molecule has 1 aliphatic heterocycles. The number of benzene rings is 1. The Morgan fingerprint density at radius 3 is 2.83 bits per heavy atom. The minimum atomic E-state index is -0.292. The summed E-state index contributed by atoms with van der Waals surface area (Å²) in [6.45, 7) is 6.66. The molecule has 2 aliphatic rings. The van der Waals surface area contributed by atoms with Crippen LogP contribution in [0.3, 0.4) is 0 Å². The maximum Gasteiger partial charge on any atom is 0.242 e. The summed E-state index contributed by atoms with van der Waals surface area (Å²) in [4.78, 5) is 12.5. The van der Waals surface area contributed by atoms with Gasteiger partial charge in [0.15, 0.2) is 11.5 Å². The third-order valence-corrected chi connectivity index (χ3v) is 5.18. The van der Waals surface area contributed by atoms with Crippen molar-refractivity contribution in [3.05, 3.63) is 18.2 Å². The lowest BCUT2D eigenvalue weighted by molar-refractivity contribution is -0.122. The second-order valence-electron chi connectivity index (χ2n) is 6.82. The minimum absolute atomic E-state index is 0.0496. The molecule has 1 aliphatic carbocycles. The molecule has 1 saturated carbocycles. The number of hydrogen-bond acceptors (Lipinski definition) is 4. The summed E-state index contributed by atoms with van der Waals surface area (Å²) < 4.78 is 10.7. The number of hydrogen-bond donors (Lipinski definition) is 2. The van der Waals surface area contributed by atoms with Crippen molar-refractivity contribution in [1.29, 1.82) is 0 Å². The van der Waals surface area contributed by atoms with Gasteiger partial charge in [0.25, 0.3) is 0 Å². The molecule has 5 nitrogen and oxygen atoms in total. The van der Waals surface area contributed by atoms with Gasteiger partial charge in [-0.15, -0.1) is 0 Å². The van der Waals surface area contributed by atoms with Crippen molar-refractivity contribution in [3.63, 3.8) is 0 Å². The zero-order valence-corrected chi connectivity index (χ0v) is 14.1. The fourth-order valence-corrected chi connectivity index (χ4v) is 3.40. The van der Waals surface area contributed by atoms with Crippen molar-refractivity contribution in [2.24, 2.45) is 11.8 Å². The maximum absolute atomic E-state index is 12.5. The standard InChI is InChI=1S/C18H26N2O3/c1-11-5-4-6-15(12(11)2)20-18(21)13(3)19-14-7-8-16-17(9-14)23-10-22-16/h7-9,11-13,15,19H,4-6,10H2,1-3H3,(H,20,21). The fraction of sp³-hybridized carbons (Fsp3) is 0.611. The molecule has 1 heterocycles. The lowest BCUT2D eigenvalue weighted by Gasteiger charge is -2.35. The van der Waals surface area contributed by atoms with Gasteiger partial charge >= 0.3 is 0 Å². The minimum Gasteiger partial charge on any atom is -0.454 e. The van der Waals surface area contributed by atoms with Crippen LogP contribution in [0.5, 0.6) is 11.5 Å². The summed E-state index contributed by atoms with van der Waals surface area (Å²) in [5.41, 5.74) is 0.863. The van der Waals surface area contributed by atoms with Gasteiger partial charge in [-0.05, 0) is 37.3 Å². The van der Waals surface area contributed by atoms with Crippen LogP contribution in [0.25, 0.3) is 0 Å². The molecular formula is C18H26N2O3. The highest BCUT2D eigenvalue weighted by Crippen LogP contribution is 2.34. The van der Waals surface area contributed by atoms with Gasteiger partial charge in [-0.1, -0.05) is 26.7 Å². The van der Waals surface area contributed by atoms with E-state index >= 15 is 0 Å². The molecule has 1 aromatic rings. The molecule has 4 unspecified atom stereocenters. The Kier molecular flexibility index (Phi) is 4.64. The summed E-state index contributed by atoms with van der Waals surface area (Å²) in [6.07, 6.45) is 3.53. The van der Waals surface area contributed by atoms with E-state index in [1.54, 1.807) is 0 Å². The van der Waals surface area contributed by atoms with Gasteiger partial charge in [0, 0.05) is 17.8 Å². The predicted molar refractivity (Wildman–Crippen MR) is 89.8 cm³/mol. The topological polar surface area (TPSA) is 59.6 Å². The van der Waals surface area contributed by atoms with Crippen LogP contribution in [0, 0.1) is 11.8 Å². The van der Waals surface area contributed by atoms with Gasteiger partial charge in [-0.2, -0.15) is 0 Å². The Morgan fingerprint density at radius 2 is 2.00 bits per heavy atom. The van der Waals surface area contributed by atoms with Crippen LogP contribution < -0.4 is 20.1 Å². The number of carbonyl (C=O) groups excluding carboxylic acids is 1. The highest BCUT2D eigenvalue weighted by atomic mass is 16.7. The third kappa shape index (κ3) is 3.54. The molecule has 1 aromatic carbocycles. The predicted octanol–water partition coefficient (Wildman–Crippen LogP) is 3.16. The van der Waals surface area contributed by atoms with Crippen LogP contribution in [0.1, 0.15) is 40.0 Å². The quantitative estimate of drug-likeness (QED) is 0.895. The van der Waals surface area contributed by atoms with E-state index in [-0.39, 0.29) is 24.8 Å². The van der Waals surface area contributed by atoms with Crippen LogP contribution in [-0.4, -0.2) is 24.8 Å². The first kappa shape index (κ1) is 16.0. The maximum atomic E-state index is 12.5. The van der Waals surface area contributed by atoms with Gasteiger partial charge in [-0.3, -0.25) is 4.79 Å². The number of rotatable bonds is 4. The summed E-state index contributed by atoms with van der Waals surface area (Å²) >= 11 is 0. The molecular weight excluding hydrogens is 292 g/mol. The van der Waals surface area contributed by atoms with E-state index in [2.05, 4.69) is 24.5 Å². The highest BCUT2D eigenvalue weighted by molar-refractivity contribution is 5.84. The van der Waals surface area contributed by atoms with E-state index < -0.39 is 0 Å². The van der Waals surface area contributed by atoms with Gasteiger partial charge < -0.3 is 20.1 Å². The van der Waals surface area contributed by atoms with Crippen LogP contribution in [0.2, 0.25) is 0 Å². The van der Waals surface area contributed by atoms with E-state index in [9.17, 15) is 4.79 Å². The molecule has 1 fully saturated rings. The Labute approximate surface area is 137 Å². The summed E-state index contributed by atoms with van der Waals surface area (Å²) in [6, 6.07) is 5.63. The normalized spacial score (nSPS) is 27.3. The first-order valence-electron chi connectivity index (χ1n) is 8.51. The molecule has 0 bridgehead atoms. The molecule has 2 N–H and O–H groups in total. The number of ether oxygens (including phenoxy) is 2. The number of fused-ring (bicyclic) bond motifs is 1. The Hall–Kier alpha value is -1.91. The average molecular weight is 318 g/mol. The van der Waals surface area contributed by atoms with Crippen LogP contribution in [-0.2, 0) is 4.79 Å². The number of anilines is 1. The molecule has 23 heavy (non-hydrogen) atoms. The lowest BCUT2D eigenvalue weighted by atomic mass is 9.78. The molecule has 126 valence electrons. The van der Waals surface area contributed by atoms with Crippen molar-refractivity contribution in [2.45, 2.75) is 52.1 Å². The summed E-state index contributed by atoms with van der Waals surface area (Å²) in [7, 11) is 0. The first-order valence-corrected chi connectivity index (χ1v) is 8.51. The SMILES string of the molecule is CC(Nc1ccc2c(c1)OCO2)C(=O)NC1CCCC(C)C1C. The van der Waals surface area contributed by atoms with E-state index in [1.807, 2.05) is 25.1 Å². The number of nitrogens with one attached hydrogen (secondary N) is 2. The van der Waals surface area contributed by atoms with Crippen molar-refractivity contribution >= 4 is 11.6 Å². The summed E-state index contributed by atoms with van der Waals surface area (Å²) in [5, 5.41) is 6.45. The molecule has 5 heteroatoms. The van der Waals surface area contributed by atoms with Crippen molar-refractivity contribution in [1.82, 2.24) is 5.32 Å². The molecule has 0 aromatic heterocycles. The van der Waals surface area contributed by atoms with E-state index in [4.69, 9.17) is 9.47 Å². The van der Waals surface area contributed by atoms with E-state index in [1.165, 1.54) is 12.8 Å². The monoisotopic (exact) mass is 318 g/mol. The largest absolute Gasteiger partial charge is 0.454 e. The zero-order valence-electron chi connectivity index (χ0n) is 14.1. The lowest BCUT2D eigenvalue weighted by Crippen LogP contribution is -2.48. The van der Waals surface area contributed by atoms with Gasteiger partial charge in [0.1, 0.15) is 6.04 Å². The highest BCUT2D eigenvalue weighted by Gasteiger charge is 2.29. The van der Waals surface area contributed by atoms with Gasteiger partial charge in [0.05, 0.1) is 0 Å². The van der Waals surface area contributed by atoms with Crippen molar-refractivity contribution in [2.75, 3.05) is 12.1 Å². The second kappa shape index (κ2) is 6.69. The smallest absolute Gasteiger partial charge is 0.242 e. The van der Waals surface area contributed by atoms with Crippen LogP contribution in [0.4, 0.5) is 5.69 Å². The molecule has 4 atom stereocenters. The van der Waals surface area contributed by atoms with Gasteiger partial charge in [0.2, 0.25) is 12.7 Å². The second-order valence-corrected chi connectivity index (χ2v) is 6.82. The molecule has 3 rings (SSSR count). The number of carbonyl (C=O) groups is 1. The van der Waals surface area contributed by atoms with Crippen molar-refractivity contribution in [3.8, 4) is 11.5 Å². The Morgan fingerprint density at radius 1 is 1.22 bits per heavy atom. The van der Waals surface area contributed by atoms with E-state index in [0.717, 1.165) is 23.6 Å². The Balaban J connectivity index is 1.57. The molecule has 0 spiro atoms. The van der Waals surface area contributed by atoms with E-state index in [0.29, 0.717) is 11.8 Å². The molecule has 0 saturated heterocycles. The zero-order chi connectivity index (χ0) is 16.4. The first-order chi connectivity index (χ1) is 11.0. The number of amides is 1. The average Bonchev–Trinajstić information content (AvgIpc) is 2.99. The van der Waals surface area contributed by atoms with Crippen LogP contribution >= 0.6 is 0 Å².